The van der Waals surface area contributed by atoms with Crippen LogP contribution in [-0.2, 0) is 6.54 Å². The molecule has 0 bridgehead atoms. The summed E-state index contributed by atoms with van der Waals surface area (Å²) >= 11 is 3.25. The van der Waals surface area contributed by atoms with E-state index in [-0.39, 0.29) is 29.2 Å². The second-order valence-corrected chi connectivity index (χ2v) is 7.75. The number of alkyl halides is 2. The molecule has 0 aliphatic rings. The van der Waals surface area contributed by atoms with Crippen molar-refractivity contribution in [3.05, 3.63) is 99.9 Å². The van der Waals surface area contributed by atoms with Gasteiger partial charge in [0.1, 0.15) is 5.75 Å². The maximum absolute atomic E-state index is 15.4. The molecule has 1 heterocycles. The van der Waals surface area contributed by atoms with Crippen LogP contribution in [0.4, 0.5) is 13.2 Å². The zero-order valence-corrected chi connectivity index (χ0v) is 18.1. The number of nitrogens with zero attached hydrogens (tertiary/aromatic N) is 3. The van der Waals surface area contributed by atoms with Crippen LogP contribution in [0.2, 0.25) is 0 Å². The Morgan fingerprint density at radius 3 is 2.56 bits per heavy atom. The summed E-state index contributed by atoms with van der Waals surface area (Å²) in [7, 11) is 0. The lowest BCUT2D eigenvalue weighted by atomic mass is 10.1. The lowest BCUT2D eigenvalue weighted by molar-refractivity contribution is 0.151. The number of ether oxygens (including phenoxy) is 1. The van der Waals surface area contributed by atoms with Crippen LogP contribution in [0.1, 0.15) is 23.1 Å². The van der Waals surface area contributed by atoms with Crippen LogP contribution in [0, 0.1) is 17.1 Å². The Labute approximate surface area is 190 Å². The topological polar surface area (TPSA) is 50.8 Å². The normalized spacial score (nSPS) is 10.9. The molecule has 32 heavy (non-hydrogen) atoms. The van der Waals surface area contributed by atoms with Crippen molar-refractivity contribution in [1.82, 2.24) is 9.78 Å². The van der Waals surface area contributed by atoms with Crippen molar-refractivity contribution < 1.29 is 17.9 Å². The molecule has 0 saturated carbocycles. The minimum Gasteiger partial charge on any atom is -0.453 e. The van der Waals surface area contributed by atoms with Crippen LogP contribution < -0.4 is 4.74 Å². The van der Waals surface area contributed by atoms with Crippen LogP contribution in [0.5, 0.6) is 11.5 Å². The molecule has 0 atom stereocenters. The fourth-order valence-corrected chi connectivity index (χ4v) is 3.64. The molecule has 0 spiro atoms. The predicted octanol–water partition coefficient (Wildman–Crippen LogP) is 7.10. The van der Waals surface area contributed by atoms with E-state index in [0.29, 0.717) is 10.0 Å². The van der Waals surface area contributed by atoms with E-state index in [1.54, 1.807) is 23.0 Å². The molecule has 8 heteroatoms. The Bertz CT molecular complexity index is 1300. The third-order valence-electron chi connectivity index (χ3n) is 4.77. The van der Waals surface area contributed by atoms with Gasteiger partial charge in [-0.2, -0.15) is 10.4 Å². The van der Waals surface area contributed by atoms with Crippen molar-refractivity contribution in [2.45, 2.75) is 13.0 Å². The van der Waals surface area contributed by atoms with Gasteiger partial charge in [0.15, 0.2) is 11.6 Å². The largest absolute Gasteiger partial charge is 0.453 e. The molecule has 0 aliphatic heterocycles. The number of halogens is 4. The van der Waals surface area contributed by atoms with Crippen LogP contribution >= 0.6 is 15.9 Å². The van der Waals surface area contributed by atoms with Gasteiger partial charge in [0.25, 0.3) is 6.43 Å². The van der Waals surface area contributed by atoms with E-state index < -0.39 is 12.2 Å². The molecule has 0 amide bonds. The number of hydrogen-bond acceptors (Lipinski definition) is 3. The smallest absolute Gasteiger partial charge is 0.264 e. The standard InChI is InChI=1S/C24H15BrF3N3O/c25-20-7-6-17(14-31-21(8-9-30-31)16-4-2-1-3-5-16)22(26)23(20)32-19-11-15(13-29)10-18(12-19)24(27)28/h1-12,24H,14H2. The Hall–Kier alpha value is -3.57. The molecular formula is C24H15BrF3N3O. The highest BCUT2D eigenvalue weighted by Crippen LogP contribution is 2.36. The highest BCUT2D eigenvalue weighted by Gasteiger charge is 2.18. The van der Waals surface area contributed by atoms with Gasteiger partial charge in [-0.1, -0.05) is 36.4 Å². The summed E-state index contributed by atoms with van der Waals surface area (Å²) in [5, 5.41) is 13.4. The maximum Gasteiger partial charge on any atom is 0.264 e. The summed E-state index contributed by atoms with van der Waals surface area (Å²) in [6.07, 6.45) is -1.16. The van der Waals surface area contributed by atoms with Gasteiger partial charge in [-0.15, -0.1) is 0 Å². The van der Waals surface area contributed by atoms with Gasteiger partial charge in [0.2, 0.25) is 0 Å². The Balaban J connectivity index is 1.68. The van der Waals surface area contributed by atoms with E-state index in [0.717, 1.165) is 23.4 Å². The van der Waals surface area contributed by atoms with E-state index in [4.69, 9.17) is 10.00 Å². The van der Waals surface area contributed by atoms with E-state index in [9.17, 15) is 8.78 Å². The Morgan fingerprint density at radius 1 is 1.06 bits per heavy atom. The van der Waals surface area contributed by atoms with Crippen molar-refractivity contribution in [1.29, 1.82) is 5.26 Å². The number of aromatic nitrogens is 2. The SMILES string of the molecule is N#Cc1cc(Oc2c(Br)ccc(Cn3nccc3-c3ccccc3)c2F)cc(C(F)F)c1. The van der Waals surface area contributed by atoms with Gasteiger partial charge in [-0.05, 0) is 51.8 Å². The lowest BCUT2D eigenvalue weighted by Gasteiger charge is -2.14. The molecule has 4 nitrogen and oxygen atoms in total. The first-order chi connectivity index (χ1) is 15.5. The first-order valence-corrected chi connectivity index (χ1v) is 10.3. The predicted molar refractivity (Wildman–Crippen MR) is 117 cm³/mol. The number of hydrogen-bond donors (Lipinski definition) is 0. The second-order valence-electron chi connectivity index (χ2n) is 6.90. The van der Waals surface area contributed by atoms with Crippen molar-refractivity contribution in [3.8, 4) is 28.8 Å². The first-order valence-electron chi connectivity index (χ1n) is 9.51. The van der Waals surface area contributed by atoms with E-state index in [1.165, 1.54) is 6.07 Å². The minimum absolute atomic E-state index is 0.00507. The van der Waals surface area contributed by atoms with Gasteiger partial charge in [0.05, 0.1) is 28.3 Å². The van der Waals surface area contributed by atoms with Gasteiger partial charge in [-0.3, -0.25) is 4.68 Å². The number of rotatable bonds is 6. The van der Waals surface area contributed by atoms with Crippen molar-refractivity contribution in [3.63, 3.8) is 0 Å². The Kier molecular flexibility index (Phi) is 6.28. The Morgan fingerprint density at radius 2 is 1.84 bits per heavy atom. The quantitative estimate of drug-likeness (QED) is 0.285. The lowest BCUT2D eigenvalue weighted by Crippen LogP contribution is -2.06. The molecule has 1 aromatic heterocycles. The third-order valence-corrected chi connectivity index (χ3v) is 5.39. The molecule has 3 aromatic carbocycles. The zero-order chi connectivity index (χ0) is 22.7. The van der Waals surface area contributed by atoms with Crippen molar-refractivity contribution in [2.75, 3.05) is 0 Å². The minimum atomic E-state index is -2.79. The average molecular weight is 498 g/mol. The van der Waals surface area contributed by atoms with E-state index in [2.05, 4.69) is 21.0 Å². The van der Waals surface area contributed by atoms with Crippen molar-refractivity contribution in [2.24, 2.45) is 0 Å². The highest BCUT2D eigenvalue weighted by atomic mass is 79.9. The zero-order valence-electron chi connectivity index (χ0n) is 16.5. The second kappa shape index (κ2) is 9.28. The summed E-state index contributed by atoms with van der Waals surface area (Å²) in [6, 6.07) is 19.9. The van der Waals surface area contributed by atoms with E-state index in [1.807, 2.05) is 42.5 Å². The van der Waals surface area contributed by atoms with Gasteiger partial charge < -0.3 is 4.74 Å². The monoisotopic (exact) mass is 497 g/mol. The fraction of sp³-hybridized carbons (Fsp3) is 0.0833. The summed E-state index contributed by atoms with van der Waals surface area (Å²) in [5.74, 6) is -0.874. The van der Waals surface area contributed by atoms with Gasteiger partial charge >= 0.3 is 0 Å². The molecule has 0 N–H and O–H groups in total. The summed E-state index contributed by atoms with van der Waals surface area (Å²) < 4.78 is 49.3. The molecule has 160 valence electrons. The molecule has 0 fully saturated rings. The fourth-order valence-electron chi connectivity index (χ4n) is 3.25. The summed E-state index contributed by atoms with van der Waals surface area (Å²) in [4.78, 5) is 0. The third kappa shape index (κ3) is 4.53. The first kappa shape index (κ1) is 21.7. The average Bonchev–Trinajstić information content (AvgIpc) is 3.27. The summed E-state index contributed by atoms with van der Waals surface area (Å²) in [5.41, 5.74) is 1.67. The molecule has 0 saturated heterocycles. The van der Waals surface area contributed by atoms with Gasteiger partial charge in [0, 0.05) is 17.3 Å². The van der Waals surface area contributed by atoms with Crippen molar-refractivity contribution >= 4 is 15.9 Å². The van der Waals surface area contributed by atoms with Crippen LogP contribution in [0.15, 0.2) is 77.4 Å². The van der Waals surface area contributed by atoms with Crippen LogP contribution in [0.3, 0.4) is 0 Å². The maximum atomic E-state index is 15.4. The molecule has 0 unspecified atom stereocenters. The van der Waals surface area contributed by atoms with Crippen LogP contribution in [0.25, 0.3) is 11.3 Å². The molecule has 0 radical (unpaired) electrons. The molecule has 0 aliphatic carbocycles. The van der Waals surface area contributed by atoms with Gasteiger partial charge in [-0.25, -0.2) is 13.2 Å². The highest BCUT2D eigenvalue weighted by molar-refractivity contribution is 9.10. The number of benzene rings is 3. The molecular weight excluding hydrogens is 483 g/mol. The molecule has 4 rings (SSSR count). The number of nitriles is 1. The van der Waals surface area contributed by atoms with Crippen LogP contribution in [-0.4, -0.2) is 9.78 Å². The molecule has 4 aromatic rings. The summed E-state index contributed by atoms with van der Waals surface area (Å²) in [6.45, 7) is 0.132. The van der Waals surface area contributed by atoms with E-state index >= 15 is 4.39 Å².